The van der Waals surface area contributed by atoms with Crippen molar-refractivity contribution in [2.75, 3.05) is 13.2 Å². The standard InChI is InChI=1S/C22H30F2N4O3/c1-15-25-28(22(30)26(15)8-9-29)13-17(23)12-27-18-6-7-19(27)11-20(10-18)31-14-16-4-2-3-5-21(16)24/h2-5,17-20,29H,6-14H2,1H3. The summed E-state index contributed by atoms with van der Waals surface area (Å²) in [6.07, 6.45) is 2.45. The fraction of sp³-hybridized carbons (Fsp3) is 0.636. The van der Waals surface area contributed by atoms with Crippen molar-refractivity contribution in [1.29, 1.82) is 0 Å². The number of ether oxygens (including phenoxy) is 1. The number of fused-ring (bicyclic) bond motifs is 2. The van der Waals surface area contributed by atoms with E-state index in [0.29, 0.717) is 11.4 Å². The maximum atomic E-state index is 14.9. The van der Waals surface area contributed by atoms with Crippen LogP contribution in [0.25, 0.3) is 0 Å². The smallest absolute Gasteiger partial charge is 0.346 e. The number of rotatable bonds is 9. The molecule has 2 bridgehead atoms. The van der Waals surface area contributed by atoms with Gasteiger partial charge in [-0.05, 0) is 38.7 Å². The summed E-state index contributed by atoms with van der Waals surface area (Å²) in [5.41, 5.74) is 0.167. The summed E-state index contributed by atoms with van der Waals surface area (Å²) < 4.78 is 37.2. The van der Waals surface area contributed by atoms with E-state index in [1.54, 1.807) is 25.1 Å². The van der Waals surface area contributed by atoms with Crippen LogP contribution in [0, 0.1) is 12.7 Å². The number of aryl methyl sites for hydroxylation is 1. The van der Waals surface area contributed by atoms with E-state index < -0.39 is 11.9 Å². The number of alkyl halides is 1. The Morgan fingerprint density at radius 3 is 2.61 bits per heavy atom. The molecule has 3 heterocycles. The Bertz CT molecular complexity index is 933. The molecule has 0 saturated carbocycles. The molecular weight excluding hydrogens is 406 g/mol. The topological polar surface area (TPSA) is 72.5 Å². The van der Waals surface area contributed by atoms with E-state index in [9.17, 15) is 13.6 Å². The zero-order valence-corrected chi connectivity index (χ0v) is 17.8. The molecule has 1 aromatic carbocycles. The van der Waals surface area contributed by atoms with Crippen LogP contribution in [0.1, 0.15) is 37.1 Å². The minimum Gasteiger partial charge on any atom is -0.395 e. The molecule has 2 fully saturated rings. The molecule has 0 spiro atoms. The van der Waals surface area contributed by atoms with Crippen LogP contribution in [-0.4, -0.2) is 61.9 Å². The molecule has 9 heteroatoms. The Labute approximate surface area is 180 Å². The van der Waals surface area contributed by atoms with Crippen molar-refractivity contribution in [2.24, 2.45) is 0 Å². The Kier molecular flexibility index (Phi) is 6.83. The third kappa shape index (κ3) is 4.88. The van der Waals surface area contributed by atoms with Gasteiger partial charge in [0, 0.05) is 24.2 Å². The Balaban J connectivity index is 1.31. The summed E-state index contributed by atoms with van der Waals surface area (Å²) >= 11 is 0. The second-order valence-corrected chi connectivity index (χ2v) is 8.56. The van der Waals surface area contributed by atoms with Gasteiger partial charge in [-0.25, -0.2) is 18.3 Å². The van der Waals surface area contributed by atoms with Gasteiger partial charge in [-0.2, -0.15) is 5.10 Å². The fourth-order valence-electron chi connectivity index (χ4n) is 4.98. The summed E-state index contributed by atoms with van der Waals surface area (Å²) in [6, 6.07) is 7.12. The van der Waals surface area contributed by atoms with Gasteiger partial charge in [0.1, 0.15) is 17.8 Å². The van der Waals surface area contributed by atoms with E-state index in [-0.39, 0.29) is 56.9 Å². The number of aliphatic hydroxyl groups excluding tert-OH is 1. The highest BCUT2D eigenvalue weighted by Crippen LogP contribution is 2.37. The van der Waals surface area contributed by atoms with Gasteiger partial charge < -0.3 is 9.84 Å². The molecule has 0 aliphatic carbocycles. The second kappa shape index (κ2) is 9.58. The molecule has 7 nitrogen and oxygen atoms in total. The lowest BCUT2D eigenvalue weighted by molar-refractivity contribution is -0.0349. The summed E-state index contributed by atoms with van der Waals surface area (Å²) in [7, 11) is 0. The normalized spacial score (nSPS) is 24.6. The van der Waals surface area contributed by atoms with Crippen molar-refractivity contribution in [3.63, 3.8) is 0 Å². The van der Waals surface area contributed by atoms with E-state index in [4.69, 9.17) is 9.84 Å². The van der Waals surface area contributed by atoms with Crippen LogP contribution in [0.3, 0.4) is 0 Å². The molecule has 3 unspecified atom stereocenters. The van der Waals surface area contributed by atoms with Crippen LogP contribution in [-0.2, 0) is 24.4 Å². The first-order valence-electron chi connectivity index (χ1n) is 11.0. The van der Waals surface area contributed by atoms with Crippen LogP contribution in [0.2, 0.25) is 0 Å². The SMILES string of the molecule is Cc1nn(CC(F)CN2C3CCC2CC(OCc2ccccc2F)C3)c(=O)n1CCO. The first kappa shape index (κ1) is 22.1. The molecule has 2 aliphatic heterocycles. The highest BCUT2D eigenvalue weighted by Gasteiger charge is 2.42. The quantitative estimate of drug-likeness (QED) is 0.651. The lowest BCUT2D eigenvalue weighted by atomic mass is 9.99. The zero-order valence-electron chi connectivity index (χ0n) is 17.8. The summed E-state index contributed by atoms with van der Waals surface area (Å²) in [5, 5.41) is 13.2. The van der Waals surface area contributed by atoms with Crippen LogP contribution in [0.15, 0.2) is 29.1 Å². The molecule has 3 atom stereocenters. The van der Waals surface area contributed by atoms with Gasteiger partial charge in [0.05, 0.1) is 32.4 Å². The molecule has 2 aromatic rings. The van der Waals surface area contributed by atoms with Gasteiger partial charge in [0.25, 0.3) is 0 Å². The maximum Gasteiger partial charge on any atom is 0.346 e. The minimum atomic E-state index is -1.21. The number of benzene rings is 1. The highest BCUT2D eigenvalue weighted by atomic mass is 19.1. The van der Waals surface area contributed by atoms with Crippen molar-refractivity contribution >= 4 is 0 Å². The number of aliphatic hydroxyl groups is 1. The molecule has 2 saturated heterocycles. The average Bonchev–Trinajstić information content (AvgIpc) is 3.12. The summed E-state index contributed by atoms with van der Waals surface area (Å²) in [4.78, 5) is 14.5. The van der Waals surface area contributed by atoms with E-state index in [1.165, 1.54) is 10.6 Å². The number of aromatic nitrogens is 3. The molecule has 31 heavy (non-hydrogen) atoms. The molecule has 0 amide bonds. The molecule has 1 N–H and O–H groups in total. The fourth-order valence-corrected chi connectivity index (χ4v) is 4.98. The Morgan fingerprint density at radius 1 is 1.23 bits per heavy atom. The van der Waals surface area contributed by atoms with Gasteiger partial charge in [0.15, 0.2) is 0 Å². The van der Waals surface area contributed by atoms with Gasteiger partial charge in [-0.1, -0.05) is 18.2 Å². The average molecular weight is 437 g/mol. The first-order valence-corrected chi connectivity index (χ1v) is 11.0. The van der Waals surface area contributed by atoms with Crippen molar-refractivity contribution in [1.82, 2.24) is 19.2 Å². The highest BCUT2D eigenvalue weighted by molar-refractivity contribution is 5.16. The molecule has 1 aromatic heterocycles. The van der Waals surface area contributed by atoms with Gasteiger partial charge in [-0.3, -0.25) is 9.47 Å². The summed E-state index contributed by atoms with van der Waals surface area (Å²) in [6.45, 7) is 2.08. The van der Waals surface area contributed by atoms with Crippen molar-refractivity contribution in [2.45, 2.75) is 76.7 Å². The second-order valence-electron chi connectivity index (χ2n) is 8.56. The van der Waals surface area contributed by atoms with Crippen molar-refractivity contribution in [3.8, 4) is 0 Å². The third-order valence-corrected chi connectivity index (χ3v) is 6.48. The lowest BCUT2D eigenvalue weighted by Gasteiger charge is -2.39. The van der Waals surface area contributed by atoms with E-state index in [1.807, 2.05) is 0 Å². The Hall–Kier alpha value is -2.10. The van der Waals surface area contributed by atoms with Gasteiger partial charge in [0.2, 0.25) is 0 Å². The van der Waals surface area contributed by atoms with Crippen LogP contribution < -0.4 is 5.69 Å². The molecule has 0 radical (unpaired) electrons. The lowest BCUT2D eigenvalue weighted by Crippen LogP contribution is -2.48. The van der Waals surface area contributed by atoms with E-state index >= 15 is 0 Å². The predicted molar refractivity (Wildman–Crippen MR) is 111 cm³/mol. The third-order valence-electron chi connectivity index (χ3n) is 6.48. The van der Waals surface area contributed by atoms with Crippen LogP contribution in [0.5, 0.6) is 0 Å². The monoisotopic (exact) mass is 436 g/mol. The van der Waals surface area contributed by atoms with Gasteiger partial charge >= 0.3 is 5.69 Å². The number of hydrogen-bond donors (Lipinski definition) is 1. The van der Waals surface area contributed by atoms with E-state index in [0.717, 1.165) is 30.4 Å². The maximum absolute atomic E-state index is 14.9. The largest absolute Gasteiger partial charge is 0.395 e. The molecule has 2 aliphatic rings. The summed E-state index contributed by atoms with van der Waals surface area (Å²) in [5.74, 6) is 0.217. The first-order chi connectivity index (χ1) is 15.0. The van der Waals surface area contributed by atoms with Crippen molar-refractivity contribution < 1.29 is 18.6 Å². The molecule has 170 valence electrons. The van der Waals surface area contributed by atoms with Crippen molar-refractivity contribution in [3.05, 3.63) is 52.0 Å². The predicted octanol–water partition coefficient (Wildman–Crippen LogP) is 2.03. The number of piperidine rings is 1. The number of hydrogen-bond acceptors (Lipinski definition) is 5. The van der Waals surface area contributed by atoms with Crippen LogP contribution in [0.4, 0.5) is 8.78 Å². The number of nitrogens with zero attached hydrogens (tertiary/aromatic N) is 4. The van der Waals surface area contributed by atoms with E-state index in [2.05, 4.69) is 10.00 Å². The minimum absolute atomic E-state index is 0.0471. The number of halogens is 2. The van der Waals surface area contributed by atoms with Gasteiger partial charge in [-0.15, -0.1) is 0 Å². The zero-order chi connectivity index (χ0) is 22.0. The van der Waals surface area contributed by atoms with Crippen LogP contribution >= 0.6 is 0 Å². The molecular formula is C22H30F2N4O3. The molecule has 4 rings (SSSR count). The Morgan fingerprint density at radius 2 is 1.94 bits per heavy atom.